The van der Waals surface area contributed by atoms with Crippen molar-refractivity contribution in [2.45, 2.75) is 25.6 Å². The van der Waals surface area contributed by atoms with Crippen LogP contribution in [0, 0.1) is 0 Å². The second-order valence-corrected chi connectivity index (χ2v) is 8.17. The highest BCUT2D eigenvalue weighted by molar-refractivity contribution is 5.91. The number of furan rings is 1. The van der Waals surface area contributed by atoms with Crippen molar-refractivity contribution >= 4 is 11.8 Å². The molecule has 0 spiro atoms. The highest BCUT2D eigenvalue weighted by Gasteiger charge is 2.32. The molecule has 0 N–H and O–H groups in total. The van der Waals surface area contributed by atoms with Gasteiger partial charge in [0.25, 0.3) is 5.91 Å². The van der Waals surface area contributed by atoms with Crippen LogP contribution in [0.1, 0.15) is 23.9 Å². The van der Waals surface area contributed by atoms with Gasteiger partial charge in [0.2, 0.25) is 5.91 Å². The number of carbonyl (C=O) groups is 2. The van der Waals surface area contributed by atoms with E-state index in [2.05, 4.69) is 14.5 Å². The third-order valence-corrected chi connectivity index (χ3v) is 5.95. The molecule has 1 aromatic rings. The van der Waals surface area contributed by atoms with Crippen molar-refractivity contribution in [3.63, 3.8) is 0 Å². The van der Waals surface area contributed by atoms with Gasteiger partial charge in [-0.2, -0.15) is 13.2 Å². The maximum absolute atomic E-state index is 12.9. The first-order chi connectivity index (χ1) is 15.2. The Balaban J connectivity index is 1.34. The number of hydrogen-bond donors (Lipinski definition) is 0. The summed E-state index contributed by atoms with van der Waals surface area (Å²) in [4.78, 5) is 33.1. The molecule has 32 heavy (non-hydrogen) atoms. The van der Waals surface area contributed by atoms with E-state index in [1.807, 2.05) is 6.92 Å². The fraction of sp³-hybridized carbons (Fsp3) is 0.714. The topological polar surface area (TPSA) is 69.5 Å². The summed E-state index contributed by atoms with van der Waals surface area (Å²) in [7, 11) is 0. The summed E-state index contributed by atoms with van der Waals surface area (Å²) in [6.45, 7) is 6.40. The van der Waals surface area contributed by atoms with Crippen LogP contribution in [0.15, 0.2) is 22.8 Å². The van der Waals surface area contributed by atoms with E-state index in [1.165, 1.54) is 6.26 Å². The van der Waals surface area contributed by atoms with Gasteiger partial charge in [0.1, 0.15) is 6.61 Å². The van der Waals surface area contributed by atoms with Crippen LogP contribution >= 0.6 is 0 Å². The van der Waals surface area contributed by atoms with Crippen LogP contribution in [0.2, 0.25) is 0 Å². The third-order valence-electron chi connectivity index (χ3n) is 5.95. The Morgan fingerprint density at radius 1 is 1.06 bits per heavy atom. The van der Waals surface area contributed by atoms with Gasteiger partial charge >= 0.3 is 6.18 Å². The Labute approximate surface area is 185 Å². The highest BCUT2D eigenvalue weighted by atomic mass is 19.4. The Bertz CT molecular complexity index is 728. The van der Waals surface area contributed by atoms with E-state index in [0.717, 1.165) is 26.2 Å². The van der Waals surface area contributed by atoms with Gasteiger partial charge in [0.05, 0.1) is 12.3 Å². The van der Waals surface area contributed by atoms with Gasteiger partial charge in [0, 0.05) is 65.5 Å². The smallest absolute Gasteiger partial charge is 0.411 e. The number of alkyl halides is 3. The van der Waals surface area contributed by atoms with Crippen molar-refractivity contribution in [3.8, 4) is 0 Å². The minimum absolute atomic E-state index is 0.0594. The molecule has 0 radical (unpaired) electrons. The SMILES string of the molecule is CC(C(=O)N1CCN(C(=O)c2ccco2)CC1)N1CCN(CCCOCC(F)(F)F)CC1. The summed E-state index contributed by atoms with van der Waals surface area (Å²) in [5, 5.41) is 0. The molecular weight excluding hydrogens is 429 g/mol. The summed E-state index contributed by atoms with van der Waals surface area (Å²) in [5.74, 6) is 0.210. The van der Waals surface area contributed by atoms with Crippen molar-refractivity contribution in [3.05, 3.63) is 24.2 Å². The van der Waals surface area contributed by atoms with E-state index < -0.39 is 12.8 Å². The maximum atomic E-state index is 12.9. The van der Waals surface area contributed by atoms with Gasteiger partial charge in [-0.05, 0) is 25.5 Å². The summed E-state index contributed by atoms with van der Waals surface area (Å²) < 4.78 is 46.0. The van der Waals surface area contributed by atoms with Crippen molar-refractivity contribution in [2.75, 3.05) is 72.1 Å². The molecule has 1 unspecified atom stereocenters. The third kappa shape index (κ3) is 6.94. The minimum atomic E-state index is -4.28. The number of halogens is 3. The standard InChI is InChI=1S/C21H31F3N4O4/c1-17(26-8-6-25(7-9-26)5-3-14-31-16-21(22,23)24)19(29)27-10-12-28(13-11-27)20(30)18-4-2-15-32-18/h2,4,15,17H,3,5-14,16H2,1H3. The van der Waals surface area contributed by atoms with Gasteiger partial charge < -0.3 is 23.9 Å². The molecule has 8 nitrogen and oxygen atoms in total. The van der Waals surface area contributed by atoms with Crippen molar-refractivity contribution < 1.29 is 31.9 Å². The zero-order valence-corrected chi connectivity index (χ0v) is 18.4. The van der Waals surface area contributed by atoms with Crippen LogP contribution in [-0.4, -0.2) is 116 Å². The van der Waals surface area contributed by atoms with Gasteiger partial charge in [-0.3, -0.25) is 14.5 Å². The molecule has 0 aliphatic carbocycles. The number of hydrogen-bond acceptors (Lipinski definition) is 6. The van der Waals surface area contributed by atoms with Crippen LogP contribution < -0.4 is 0 Å². The number of nitrogens with zero attached hydrogens (tertiary/aromatic N) is 4. The average molecular weight is 460 g/mol. The van der Waals surface area contributed by atoms with Gasteiger partial charge in [0.15, 0.2) is 5.76 Å². The summed E-state index contributed by atoms with van der Waals surface area (Å²) in [5.41, 5.74) is 0. The molecular formula is C21H31F3N4O4. The number of piperazine rings is 2. The lowest BCUT2D eigenvalue weighted by Crippen LogP contribution is -2.58. The maximum Gasteiger partial charge on any atom is 0.411 e. The van der Waals surface area contributed by atoms with Crippen LogP contribution in [0.5, 0.6) is 0 Å². The molecule has 2 amide bonds. The first kappa shape index (κ1) is 24.5. The monoisotopic (exact) mass is 460 g/mol. The van der Waals surface area contributed by atoms with Crippen LogP contribution in [-0.2, 0) is 9.53 Å². The van der Waals surface area contributed by atoms with Crippen LogP contribution in [0.3, 0.4) is 0 Å². The van der Waals surface area contributed by atoms with E-state index in [9.17, 15) is 22.8 Å². The molecule has 2 aliphatic rings. The Morgan fingerprint density at radius 2 is 1.72 bits per heavy atom. The molecule has 2 saturated heterocycles. The molecule has 1 atom stereocenters. The summed E-state index contributed by atoms with van der Waals surface area (Å²) >= 11 is 0. The zero-order chi connectivity index (χ0) is 23.1. The second kappa shape index (κ2) is 11.2. The average Bonchev–Trinajstić information content (AvgIpc) is 3.32. The zero-order valence-electron chi connectivity index (χ0n) is 18.4. The second-order valence-electron chi connectivity index (χ2n) is 8.17. The number of rotatable bonds is 8. The number of amides is 2. The molecule has 3 heterocycles. The first-order valence-corrected chi connectivity index (χ1v) is 11.0. The number of ether oxygens (including phenoxy) is 1. The lowest BCUT2D eigenvalue weighted by Gasteiger charge is -2.41. The first-order valence-electron chi connectivity index (χ1n) is 11.0. The molecule has 3 rings (SSSR count). The molecule has 0 bridgehead atoms. The van der Waals surface area contributed by atoms with Crippen molar-refractivity contribution in [2.24, 2.45) is 0 Å². The lowest BCUT2D eigenvalue weighted by atomic mass is 10.1. The van der Waals surface area contributed by atoms with Crippen LogP contribution in [0.25, 0.3) is 0 Å². The molecule has 0 aromatic carbocycles. The van der Waals surface area contributed by atoms with E-state index in [0.29, 0.717) is 44.9 Å². The van der Waals surface area contributed by atoms with E-state index in [4.69, 9.17) is 4.42 Å². The highest BCUT2D eigenvalue weighted by Crippen LogP contribution is 2.15. The van der Waals surface area contributed by atoms with Crippen molar-refractivity contribution in [1.29, 1.82) is 0 Å². The van der Waals surface area contributed by atoms with Gasteiger partial charge in [-0.1, -0.05) is 0 Å². The Kier molecular flexibility index (Phi) is 8.55. The number of carbonyl (C=O) groups excluding carboxylic acids is 2. The predicted octanol–water partition coefficient (Wildman–Crippen LogP) is 1.54. The minimum Gasteiger partial charge on any atom is -0.459 e. The largest absolute Gasteiger partial charge is 0.459 e. The van der Waals surface area contributed by atoms with E-state index >= 15 is 0 Å². The van der Waals surface area contributed by atoms with Crippen LogP contribution in [0.4, 0.5) is 13.2 Å². The predicted molar refractivity (Wildman–Crippen MR) is 110 cm³/mol. The summed E-state index contributed by atoms with van der Waals surface area (Å²) in [6, 6.07) is 3.06. The Hall–Kier alpha value is -2.11. The molecule has 2 fully saturated rings. The molecule has 0 saturated carbocycles. The normalized spacial score (nSPS) is 19.9. The van der Waals surface area contributed by atoms with Gasteiger partial charge in [-0.25, -0.2) is 0 Å². The molecule has 180 valence electrons. The fourth-order valence-corrected chi connectivity index (χ4v) is 4.06. The van der Waals surface area contributed by atoms with Crippen molar-refractivity contribution in [1.82, 2.24) is 19.6 Å². The molecule has 1 aromatic heterocycles. The van der Waals surface area contributed by atoms with E-state index in [1.54, 1.807) is 21.9 Å². The Morgan fingerprint density at radius 3 is 2.31 bits per heavy atom. The molecule has 11 heteroatoms. The van der Waals surface area contributed by atoms with E-state index in [-0.39, 0.29) is 24.5 Å². The molecule has 2 aliphatic heterocycles. The van der Waals surface area contributed by atoms with Gasteiger partial charge in [-0.15, -0.1) is 0 Å². The lowest BCUT2D eigenvalue weighted by molar-refractivity contribution is -0.174. The summed E-state index contributed by atoms with van der Waals surface area (Å²) in [6.07, 6.45) is -2.27. The fourth-order valence-electron chi connectivity index (χ4n) is 4.06. The quantitative estimate of drug-likeness (QED) is 0.549.